The molecule has 0 N–H and O–H groups in total. The molecule has 2 rings (SSSR count). The fourth-order valence-corrected chi connectivity index (χ4v) is 2.19. The zero-order valence-electron chi connectivity index (χ0n) is 14.3. The van der Waals surface area contributed by atoms with E-state index in [1.165, 1.54) is 12.1 Å². The molecule has 2 aromatic rings. The number of methoxy groups -OCH3 is 2. The van der Waals surface area contributed by atoms with Crippen molar-refractivity contribution in [2.75, 3.05) is 27.4 Å². The van der Waals surface area contributed by atoms with E-state index in [0.29, 0.717) is 36.2 Å². The van der Waals surface area contributed by atoms with E-state index in [1.807, 2.05) is 18.2 Å². The molecule has 0 saturated carbocycles. The van der Waals surface area contributed by atoms with Crippen molar-refractivity contribution in [1.82, 2.24) is 0 Å². The largest absolute Gasteiger partial charge is 0.494 e. The molecule has 0 amide bonds. The maximum atomic E-state index is 10.6. The van der Waals surface area contributed by atoms with E-state index < -0.39 is 4.92 Å². The Morgan fingerprint density at radius 1 is 0.880 bits per heavy atom. The van der Waals surface area contributed by atoms with Crippen LogP contribution in [0.2, 0.25) is 0 Å². The van der Waals surface area contributed by atoms with Crippen LogP contribution in [0.1, 0.15) is 12.8 Å². The van der Waals surface area contributed by atoms with E-state index >= 15 is 0 Å². The number of nitrogens with zero attached hydrogens (tertiary/aromatic N) is 1. The number of unbranched alkanes of at least 4 members (excludes halogenated alkanes) is 1. The first-order valence-electron chi connectivity index (χ1n) is 7.86. The van der Waals surface area contributed by atoms with Crippen molar-refractivity contribution in [3.63, 3.8) is 0 Å². The molecule has 25 heavy (non-hydrogen) atoms. The summed E-state index contributed by atoms with van der Waals surface area (Å²) in [5.74, 6) is 2.45. The lowest BCUT2D eigenvalue weighted by Crippen LogP contribution is -2.04. The molecule has 0 aliphatic carbocycles. The van der Waals surface area contributed by atoms with Crippen molar-refractivity contribution in [2.24, 2.45) is 0 Å². The highest BCUT2D eigenvalue weighted by molar-refractivity contribution is 5.51. The van der Waals surface area contributed by atoms with Crippen molar-refractivity contribution < 1.29 is 23.9 Å². The molecule has 0 aliphatic rings. The van der Waals surface area contributed by atoms with Gasteiger partial charge in [-0.15, -0.1) is 0 Å². The number of rotatable bonds is 10. The smallest absolute Gasteiger partial charge is 0.269 e. The van der Waals surface area contributed by atoms with Crippen molar-refractivity contribution in [3.8, 4) is 23.0 Å². The van der Waals surface area contributed by atoms with Gasteiger partial charge in [0.1, 0.15) is 5.75 Å². The number of hydrogen-bond donors (Lipinski definition) is 0. The Morgan fingerprint density at radius 2 is 1.44 bits per heavy atom. The minimum absolute atomic E-state index is 0.0477. The van der Waals surface area contributed by atoms with Crippen LogP contribution in [0.5, 0.6) is 23.0 Å². The highest BCUT2D eigenvalue weighted by Gasteiger charge is 2.10. The minimum Gasteiger partial charge on any atom is -0.494 e. The summed E-state index contributed by atoms with van der Waals surface area (Å²) in [7, 11) is 3.17. The third-order valence-corrected chi connectivity index (χ3v) is 3.48. The SMILES string of the molecule is COc1cccc(OC)c1OCCCCOc1ccc([N+](=O)[O-])cc1. The number of para-hydroxylation sites is 1. The van der Waals surface area contributed by atoms with Crippen LogP contribution in [-0.4, -0.2) is 32.4 Å². The quantitative estimate of drug-likeness (QED) is 0.369. The molecule has 0 aliphatic heterocycles. The van der Waals surface area contributed by atoms with Crippen LogP contribution < -0.4 is 18.9 Å². The van der Waals surface area contributed by atoms with E-state index in [2.05, 4.69) is 0 Å². The molecule has 0 spiro atoms. The molecular formula is C18H21NO6. The van der Waals surface area contributed by atoms with Gasteiger partial charge in [-0.2, -0.15) is 0 Å². The van der Waals surface area contributed by atoms with Crippen molar-refractivity contribution >= 4 is 5.69 Å². The maximum absolute atomic E-state index is 10.6. The van der Waals surface area contributed by atoms with Gasteiger partial charge in [-0.05, 0) is 37.1 Å². The third kappa shape index (κ3) is 5.27. The first kappa shape index (κ1) is 18.4. The molecule has 0 heterocycles. The molecule has 134 valence electrons. The Kier molecular flexibility index (Phi) is 6.88. The predicted molar refractivity (Wildman–Crippen MR) is 92.9 cm³/mol. The van der Waals surface area contributed by atoms with E-state index in [9.17, 15) is 10.1 Å². The Labute approximate surface area is 146 Å². The normalized spacial score (nSPS) is 10.2. The van der Waals surface area contributed by atoms with Crippen molar-refractivity contribution in [2.45, 2.75) is 12.8 Å². The van der Waals surface area contributed by atoms with Gasteiger partial charge in [0.25, 0.3) is 5.69 Å². The van der Waals surface area contributed by atoms with Crippen molar-refractivity contribution in [1.29, 1.82) is 0 Å². The third-order valence-electron chi connectivity index (χ3n) is 3.48. The van der Waals surface area contributed by atoms with Crippen LogP contribution in [0, 0.1) is 10.1 Å². The molecule has 0 bridgehead atoms. The summed E-state index contributed by atoms with van der Waals surface area (Å²) >= 11 is 0. The monoisotopic (exact) mass is 347 g/mol. The summed E-state index contributed by atoms with van der Waals surface area (Å²) in [5.41, 5.74) is 0.0477. The van der Waals surface area contributed by atoms with Crippen LogP contribution in [-0.2, 0) is 0 Å². The van der Waals surface area contributed by atoms with Crippen LogP contribution in [0.25, 0.3) is 0 Å². The Bertz CT molecular complexity index is 664. The molecule has 0 unspecified atom stereocenters. The summed E-state index contributed by atoms with van der Waals surface area (Å²) in [6.45, 7) is 1.00. The summed E-state index contributed by atoms with van der Waals surface area (Å²) in [6.07, 6.45) is 1.57. The average molecular weight is 347 g/mol. The Hall–Kier alpha value is -2.96. The molecule has 0 atom stereocenters. The maximum Gasteiger partial charge on any atom is 0.269 e. The number of benzene rings is 2. The van der Waals surface area contributed by atoms with Crippen LogP contribution >= 0.6 is 0 Å². The van der Waals surface area contributed by atoms with E-state index in [4.69, 9.17) is 18.9 Å². The summed E-state index contributed by atoms with van der Waals surface area (Å²) in [5, 5.41) is 10.6. The van der Waals surface area contributed by atoms with Crippen LogP contribution in [0.15, 0.2) is 42.5 Å². The summed E-state index contributed by atoms with van der Waals surface area (Å²) in [4.78, 5) is 10.1. The number of non-ortho nitro benzene ring substituents is 1. The second kappa shape index (κ2) is 9.36. The molecule has 7 nitrogen and oxygen atoms in total. The van der Waals surface area contributed by atoms with Gasteiger partial charge in [0.05, 0.1) is 32.4 Å². The lowest BCUT2D eigenvalue weighted by atomic mass is 10.3. The number of hydrogen-bond acceptors (Lipinski definition) is 6. The summed E-state index contributed by atoms with van der Waals surface area (Å²) < 4.78 is 21.9. The molecule has 0 radical (unpaired) electrons. The molecule has 0 aromatic heterocycles. The van der Waals surface area contributed by atoms with Gasteiger partial charge >= 0.3 is 0 Å². The lowest BCUT2D eigenvalue weighted by molar-refractivity contribution is -0.384. The van der Waals surface area contributed by atoms with Gasteiger partial charge in [-0.25, -0.2) is 0 Å². The van der Waals surface area contributed by atoms with E-state index in [0.717, 1.165) is 12.8 Å². The zero-order chi connectivity index (χ0) is 18.1. The number of ether oxygens (including phenoxy) is 4. The molecule has 0 fully saturated rings. The highest BCUT2D eigenvalue weighted by atomic mass is 16.6. The van der Waals surface area contributed by atoms with Gasteiger partial charge in [0.15, 0.2) is 11.5 Å². The predicted octanol–water partition coefficient (Wildman–Crippen LogP) is 3.85. The minimum atomic E-state index is -0.437. The average Bonchev–Trinajstić information content (AvgIpc) is 2.64. The number of nitro benzene ring substituents is 1. The summed E-state index contributed by atoms with van der Waals surface area (Å²) in [6, 6.07) is 11.5. The number of nitro groups is 1. The second-order valence-corrected chi connectivity index (χ2v) is 5.15. The molecule has 2 aromatic carbocycles. The first-order chi connectivity index (χ1) is 12.2. The first-order valence-corrected chi connectivity index (χ1v) is 7.86. The lowest BCUT2D eigenvalue weighted by Gasteiger charge is -2.14. The van der Waals surface area contributed by atoms with E-state index in [1.54, 1.807) is 26.4 Å². The van der Waals surface area contributed by atoms with Gasteiger partial charge in [0, 0.05) is 12.1 Å². The van der Waals surface area contributed by atoms with E-state index in [-0.39, 0.29) is 5.69 Å². The van der Waals surface area contributed by atoms with Gasteiger partial charge in [-0.1, -0.05) is 6.07 Å². The molecule has 7 heteroatoms. The second-order valence-electron chi connectivity index (χ2n) is 5.15. The van der Waals surface area contributed by atoms with Crippen molar-refractivity contribution in [3.05, 3.63) is 52.6 Å². The molecule has 0 saturated heterocycles. The topological polar surface area (TPSA) is 80.1 Å². The standard InChI is InChI=1S/C18H21NO6/c1-22-16-6-5-7-17(23-2)18(16)25-13-4-3-12-24-15-10-8-14(9-11-15)19(20)21/h5-11H,3-4,12-13H2,1-2H3. The van der Waals surface area contributed by atoms with Crippen LogP contribution in [0.3, 0.4) is 0 Å². The fraction of sp³-hybridized carbons (Fsp3) is 0.333. The Balaban J connectivity index is 1.72. The highest BCUT2D eigenvalue weighted by Crippen LogP contribution is 2.36. The van der Waals surface area contributed by atoms with Gasteiger partial charge in [0.2, 0.25) is 5.75 Å². The van der Waals surface area contributed by atoms with Crippen LogP contribution in [0.4, 0.5) is 5.69 Å². The molecular weight excluding hydrogens is 326 g/mol. The fourth-order valence-electron chi connectivity index (χ4n) is 2.19. The zero-order valence-corrected chi connectivity index (χ0v) is 14.3. The Morgan fingerprint density at radius 3 is 1.96 bits per heavy atom. The van der Waals surface area contributed by atoms with Gasteiger partial charge in [-0.3, -0.25) is 10.1 Å². The van der Waals surface area contributed by atoms with Gasteiger partial charge < -0.3 is 18.9 Å².